The molecule has 0 saturated carbocycles. The third-order valence-corrected chi connectivity index (χ3v) is 2.55. The number of rotatable bonds is 4. The zero-order chi connectivity index (χ0) is 16.1. The van der Waals surface area contributed by atoms with Crippen LogP contribution in [-0.2, 0) is 0 Å². The standard InChI is InChI=1S/C15H10F4N2O/c1-9(7-8-10-5-3-2-4-6-10)21-22-13-11(16)14(18)20-15(19)12(13)17/h2-8H,1H3. The first-order chi connectivity index (χ1) is 10.5. The minimum Gasteiger partial charge on any atom is -0.350 e. The molecule has 7 heteroatoms. The lowest BCUT2D eigenvalue weighted by Crippen LogP contribution is -2.04. The van der Waals surface area contributed by atoms with Gasteiger partial charge >= 0.3 is 0 Å². The molecule has 0 bridgehead atoms. The van der Waals surface area contributed by atoms with Gasteiger partial charge in [0.25, 0.3) is 11.9 Å². The summed E-state index contributed by atoms with van der Waals surface area (Å²) in [4.78, 5) is 6.86. The Labute approximate surface area is 123 Å². The fourth-order valence-corrected chi connectivity index (χ4v) is 1.48. The van der Waals surface area contributed by atoms with Gasteiger partial charge in [0.1, 0.15) is 0 Å². The summed E-state index contributed by atoms with van der Waals surface area (Å²) in [6.45, 7) is 1.49. The molecule has 0 aliphatic rings. The lowest BCUT2D eigenvalue weighted by Gasteiger charge is -2.03. The van der Waals surface area contributed by atoms with E-state index in [2.05, 4.69) is 15.0 Å². The van der Waals surface area contributed by atoms with E-state index in [1.807, 2.05) is 30.3 Å². The van der Waals surface area contributed by atoms with Gasteiger partial charge in [0, 0.05) is 0 Å². The molecule has 3 nitrogen and oxygen atoms in total. The van der Waals surface area contributed by atoms with E-state index in [4.69, 9.17) is 0 Å². The third-order valence-electron chi connectivity index (χ3n) is 2.55. The molecule has 0 amide bonds. The second-order valence-corrected chi connectivity index (χ2v) is 4.22. The molecule has 2 rings (SSSR count). The van der Waals surface area contributed by atoms with Crippen LogP contribution in [0.4, 0.5) is 17.6 Å². The molecule has 0 spiro atoms. The Morgan fingerprint density at radius 3 is 2.23 bits per heavy atom. The molecule has 114 valence electrons. The van der Waals surface area contributed by atoms with Crippen molar-refractivity contribution in [2.75, 3.05) is 0 Å². The molecule has 1 heterocycles. The van der Waals surface area contributed by atoms with Gasteiger partial charge in [-0.1, -0.05) is 41.6 Å². The fraction of sp³-hybridized carbons (Fsp3) is 0.0667. The zero-order valence-corrected chi connectivity index (χ0v) is 11.4. The summed E-state index contributed by atoms with van der Waals surface area (Å²) in [6.07, 6.45) is 3.20. The van der Waals surface area contributed by atoms with Crippen molar-refractivity contribution < 1.29 is 22.4 Å². The van der Waals surface area contributed by atoms with Gasteiger partial charge in [-0.15, -0.1) is 0 Å². The van der Waals surface area contributed by atoms with Gasteiger partial charge in [-0.3, -0.25) is 0 Å². The van der Waals surface area contributed by atoms with Crippen LogP contribution in [0.15, 0.2) is 41.6 Å². The monoisotopic (exact) mass is 310 g/mol. The molecule has 0 aliphatic carbocycles. The Hall–Kier alpha value is -2.70. The second kappa shape index (κ2) is 6.84. The van der Waals surface area contributed by atoms with E-state index in [-0.39, 0.29) is 5.71 Å². The van der Waals surface area contributed by atoms with Crippen molar-refractivity contribution in [3.05, 3.63) is 65.5 Å². The number of pyridine rings is 1. The van der Waals surface area contributed by atoms with E-state index < -0.39 is 29.3 Å². The Balaban J connectivity index is 2.17. The molecule has 2 aromatic rings. The van der Waals surface area contributed by atoms with Crippen molar-refractivity contribution in [2.24, 2.45) is 5.16 Å². The average Bonchev–Trinajstić information content (AvgIpc) is 2.52. The van der Waals surface area contributed by atoms with E-state index in [1.165, 1.54) is 13.0 Å². The van der Waals surface area contributed by atoms with Gasteiger partial charge in [0.2, 0.25) is 17.4 Å². The van der Waals surface area contributed by atoms with Crippen molar-refractivity contribution in [1.29, 1.82) is 0 Å². The summed E-state index contributed by atoms with van der Waals surface area (Å²) in [6, 6.07) is 9.17. The highest BCUT2D eigenvalue weighted by atomic mass is 19.2. The summed E-state index contributed by atoms with van der Waals surface area (Å²) in [7, 11) is 0. The number of hydrogen-bond acceptors (Lipinski definition) is 3. The molecule has 1 aromatic heterocycles. The molecule has 0 N–H and O–H groups in total. The zero-order valence-electron chi connectivity index (χ0n) is 11.4. The van der Waals surface area contributed by atoms with Crippen molar-refractivity contribution in [3.8, 4) is 5.75 Å². The van der Waals surface area contributed by atoms with E-state index in [1.54, 1.807) is 6.08 Å². The molecule has 0 radical (unpaired) electrons. The molecule has 1 aromatic carbocycles. The van der Waals surface area contributed by atoms with E-state index >= 15 is 0 Å². The number of benzene rings is 1. The highest BCUT2D eigenvalue weighted by Crippen LogP contribution is 2.24. The van der Waals surface area contributed by atoms with E-state index in [0.717, 1.165) is 5.56 Å². The van der Waals surface area contributed by atoms with Crippen LogP contribution in [-0.4, -0.2) is 10.7 Å². The Kier molecular flexibility index (Phi) is 4.88. The summed E-state index contributed by atoms with van der Waals surface area (Å²) >= 11 is 0. The highest BCUT2D eigenvalue weighted by molar-refractivity contribution is 5.95. The SMILES string of the molecule is CC(C=Cc1ccccc1)=NOc1c(F)c(F)nc(F)c1F. The maximum Gasteiger partial charge on any atom is 0.255 e. The molecule has 0 saturated heterocycles. The predicted molar refractivity (Wildman–Crippen MR) is 73.3 cm³/mol. The topological polar surface area (TPSA) is 34.5 Å². The van der Waals surface area contributed by atoms with Gasteiger partial charge in [-0.2, -0.15) is 22.5 Å². The van der Waals surface area contributed by atoms with Gasteiger partial charge in [-0.25, -0.2) is 0 Å². The molecule has 0 unspecified atom stereocenters. The smallest absolute Gasteiger partial charge is 0.255 e. The Bertz CT molecular complexity index is 704. The third kappa shape index (κ3) is 3.69. The van der Waals surface area contributed by atoms with Crippen molar-refractivity contribution in [2.45, 2.75) is 6.92 Å². The first-order valence-electron chi connectivity index (χ1n) is 6.13. The first-order valence-corrected chi connectivity index (χ1v) is 6.13. The predicted octanol–water partition coefficient (Wildman–Crippen LogP) is 4.11. The number of oxime groups is 1. The Morgan fingerprint density at radius 1 is 1.05 bits per heavy atom. The van der Waals surface area contributed by atoms with Crippen LogP contribution in [0.1, 0.15) is 12.5 Å². The molecular formula is C15H10F4N2O. The quantitative estimate of drug-likeness (QED) is 0.369. The highest BCUT2D eigenvalue weighted by Gasteiger charge is 2.22. The number of nitrogens with zero attached hydrogens (tertiary/aromatic N) is 2. The van der Waals surface area contributed by atoms with Crippen LogP contribution in [0, 0.1) is 23.5 Å². The van der Waals surface area contributed by atoms with Gasteiger partial charge in [0.05, 0.1) is 5.71 Å². The molecule has 0 atom stereocenters. The van der Waals surface area contributed by atoms with Crippen molar-refractivity contribution >= 4 is 11.8 Å². The van der Waals surface area contributed by atoms with Crippen LogP contribution < -0.4 is 4.84 Å². The number of aromatic nitrogens is 1. The van der Waals surface area contributed by atoms with Crippen molar-refractivity contribution in [1.82, 2.24) is 4.98 Å². The first kappa shape index (κ1) is 15.7. The van der Waals surface area contributed by atoms with E-state index in [0.29, 0.717) is 0 Å². The van der Waals surface area contributed by atoms with Gasteiger partial charge in [0.15, 0.2) is 0 Å². The lowest BCUT2D eigenvalue weighted by atomic mass is 10.2. The van der Waals surface area contributed by atoms with Gasteiger partial charge in [-0.05, 0) is 18.6 Å². The fourth-order valence-electron chi connectivity index (χ4n) is 1.48. The number of halogens is 4. The maximum absolute atomic E-state index is 13.3. The largest absolute Gasteiger partial charge is 0.350 e. The molecule has 22 heavy (non-hydrogen) atoms. The normalized spacial score (nSPS) is 12.0. The van der Waals surface area contributed by atoms with Crippen molar-refractivity contribution in [3.63, 3.8) is 0 Å². The minimum atomic E-state index is -1.80. The summed E-state index contributed by atoms with van der Waals surface area (Å²) < 4.78 is 52.3. The number of hydrogen-bond donors (Lipinski definition) is 0. The minimum absolute atomic E-state index is 0.236. The Morgan fingerprint density at radius 2 is 1.64 bits per heavy atom. The summed E-state index contributed by atoms with van der Waals surface area (Å²) in [5.41, 5.74) is 1.11. The second-order valence-electron chi connectivity index (χ2n) is 4.22. The van der Waals surface area contributed by atoms with Crippen LogP contribution in [0.3, 0.4) is 0 Å². The lowest BCUT2D eigenvalue weighted by molar-refractivity contribution is 0.277. The maximum atomic E-state index is 13.3. The van der Waals surface area contributed by atoms with Crippen LogP contribution >= 0.6 is 0 Å². The number of allylic oxidation sites excluding steroid dienone is 1. The summed E-state index contributed by atoms with van der Waals surface area (Å²) in [5.74, 6) is -8.38. The summed E-state index contributed by atoms with van der Waals surface area (Å²) in [5, 5.41) is 3.40. The van der Waals surface area contributed by atoms with Gasteiger partial charge < -0.3 is 4.84 Å². The van der Waals surface area contributed by atoms with Crippen LogP contribution in [0.25, 0.3) is 6.08 Å². The molecule has 0 fully saturated rings. The van der Waals surface area contributed by atoms with Crippen LogP contribution in [0.5, 0.6) is 5.75 Å². The van der Waals surface area contributed by atoms with Crippen LogP contribution in [0.2, 0.25) is 0 Å². The van der Waals surface area contributed by atoms with E-state index in [9.17, 15) is 17.6 Å². The molecule has 0 aliphatic heterocycles. The average molecular weight is 310 g/mol. The molecular weight excluding hydrogens is 300 g/mol.